The Hall–Kier alpha value is -0.550. The molecule has 0 aliphatic carbocycles. The van der Waals surface area contributed by atoms with Gasteiger partial charge >= 0.3 is 7.82 Å². The van der Waals surface area contributed by atoms with E-state index in [0.29, 0.717) is 0 Å². The van der Waals surface area contributed by atoms with Crippen LogP contribution in [0.2, 0.25) is 0 Å². The molecule has 6 nitrogen and oxygen atoms in total. The van der Waals surface area contributed by atoms with E-state index in [2.05, 4.69) is 0 Å². The Bertz CT molecular complexity index is 355. The van der Waals surface area contributed by atoms with Crippen molar-refractivity contribution in [2.24, 2.45) is 0 Å². The summed E-state index contributed by atoms with van der Waals surface area (Å²) in [7, 11) is -0.762. The van der Waals surface area contributed by atoms with Gasteiger partial charge in [0.2, 0.25) is 5.76 Å². The fourth-order valence-corrected chi connectivity index (χ4v) is 2.39. The molecule has 0 unspecified atom stereocenters. The van der Waals surface area contributed by atoms with E-state index >= 15 is 0 Å². The molecule has 0 saturated heterocycles. The van der Waals surface area contributed by atoms with E-state index in [0.717, 1.165) is 0 Å². The maximum absolute atomic E-state index is 12.1. The number of allylic oxidation sites excluding steroid dienone is 1. The van der Waals surface area contributed by atoms with Crippen LogP contribution in [0, 0.1) is 0 Å². The number of halogens is 1. The SMILES string of the molecule is CCOP(=O)(OCC)OC(C(=O)N(C)C)=C(C)Cl. The lowest BCUT2D eigenvalue weighted by Gasteiger charge is -2.20. The van der Waals surface area contributed by atoms with Crippen molar-refractivity contribution in [3.05, 3.63) is 10.8 Å². The summed E-state index contributed by atoms with van der Waals surface area (Å²) in [4.78, 5) is 13.1. The average Bonchev–Trinajstić information content (AvgIpc) is 2.25. The third-order valence-electron chi connectivity index (χ3n) is 1.69. The molecule has 0 heterocycles. The summed E-state index contributed by atoms with van der Waals surface area (Å²) in [5.41, 5.74) is 0. The molecule has 0 aliphatic heterocycles. The van der Waals surface area contributed by atoms with Crippen molar-refractivity contribution >= 4 is 25.3 Å². The second-order valence-corrected chi connectivity index (χ2v) is 5.60. The predicted molar refractivity (Wildman–Crippen MR) is 69.2 cm³/mol. The van der Waals surface area contributed by atoms with Gasteiger partial charge in [-0.2, -0.15) is 0 Å². The second-order valence-electron chi connectivity index (χ2n) is 3.44. The van der Waals surface area contributed by atoms with E-state index in [1.54, 1.807) is 13.8 Å². The Morgan fingerprint density at radius 2 is 1.67 bits per heavy atom. The van der Waals surface area contributed by atoms with E-state index in [4.69, 9.17) is 25.2 Å². The average molecular weight is 300 g/mol. The topological polar surface area (TPSA) is 65.1 Å². The zero-order valence-electron chi connectivity index (χ0n) is 11.2. The Balaban J connectivity index is 5.15. The first-order valence-corrected chi connectivity index (χ1v) is 7.28. The number of likely N-dealkylation sites (N-methyl/N-ethyl adjacent to an activating group) is 1. The highest BCUT2D eigenvalue weighted by molar-refractivity contribution is 7.48. The number of hydrogen-bond donors (Lipinski definition) is 0. The molecular formula is C10H19ClNO5P. The lowest BCUT2D eigenvalue weighted by atomic mass is 10.4. The standard InChI is InChI=1S/C10H19ClNO5P/c1-6-15-18(14,16-7-2)17-9(8(3)11)10(13)12(4)5/h6-7H2,1-5H3. The number of carbonyl (C=O) groups is 1. The molecule has 0 aromatic rings. The molecule has 0 aromatic heterocycles. The van der Waals surface area contributed by atoms with Crippen LogP contribution in [0.4, 0.5) is 0 Å². The molecule has 1 amide bonds. The smallest absolute Gasteiger partial charge is 0.397 e. The first kappa shape index (κ1) is 17.4. The zero-order valence-corrected chi connectivity index (χ0v) is 12.9. The van der Waals surface area contributed by atoms with Crippen LogP contribution in [-0.4, -0.2) is 38.1 Å². The normalized spacial score (nSPS) is 13.0. The third-order valence-corrected chi connectivity index (χ3v) is 3.42. The number of phosphoric acid groups is 1. The number of hydrogen-bond acceptors (Lipinski definition) is 5. The Morgan fingerprint density at radius 3 is 1.94 bits per heavy atom. The summed E-state index contributed by atoms with van der Waals surface area (Å²) in [5, 5.41) is 0.0772. The van der Waals surface area contributed by atoms with Crippen molar-refractivity contribution in [2.45, 2.75) is 20.8 Å². The van der Waals surface area contributed by atoms with Crippen molar-refractivity contribution in [1.82, 2.24) is 4.90 Å². The Kier molecular flexibility index (Phi) is 7.55. The number of rotatable bonds is 7. The van der Waals surface area contributed by atoms with Crippen LogP contribution in [0.5, 0.6) is 0 Å². The quantitative estimate of drug-likeness (QED) is 0.411. The highest BCUT2D eigenvalue weighted by Crippen LogP contribution is 2.51. The minimum absolute atomic E-state index is 0.0772. The van der Waals surface area contributed by atoms with Crippen molar-refractivity contribution < 1.29 is 22.9 Å². The molecule has 0 radical (unpaired) electrons. The fraction of sp³-hybridized carbons (Fsp3) is 0.700. The van der Waals surface area contributed by atoms with Gasteiger partial charge in [0, 0.05) is 14.1 Å². The molecule has 0 N–H and O–H groups in total. The minimum Gasteiger partial charge on any atom is -0.397 e. The van der Waals surface area contributed by atoms with Crippen molar-refractivity contribution in [3.8, 4) is 0 Å². The van der Waals surface area contributed by atoms with E-state index in [1.807, 2.05) is 0 Å². The summed E-state index contributed by atoms with van der Waals surface area (Å²) in [5.74, 6) is -0.756. The minimum atomic E-state index is -3.81. The van der Waals surface area contributed by atoms with Crippen LogP contribution in [-0.2, 0) is 22.9 Å². The molecule has 0 atom stereocenters. The van der Waals surface area contributed by atoms with Crippen molar-refractivity contribution in [2.75, 3.05) is 27.3 Å². The van der Waals surface area contributed by atoms with Gasteiger partial charge in [0.15, 0.2) is 0 Å². The molecule has 0 fully saturated rings. The number of nitrogens with zero attached hydrogens (tertiary/aromatic N) is 1. The molecule has 18 heavy (non-hydrogen) atoms. The van der Waals surface area contributed by atoms with Gasteiger partial charge < -0.3 is 9.42 Å². The Morgan fingerprint density at radius 1 is 1.22 bits per heavy atom. The van der Waals surface area contributed by atoms with E-state index in [9.17, 15) is 9.36 Å². The van der Waals surface area contributed by atoms with Gasteiger partial charge in [0.1, 0.15) is 0 Å². The molecule has 0 aliphatic rings. The lowest BCUT2D eigenvalue weighted by Crippen LogP contribution is -2.25. The summed E-state index contributed by atoms with van der Waals surface area (Å²) >= 11 is 5.76. The van der Waals surface area contributed by atoms with Crippen LogP contribution < -0.4 is 0 Å². The largest absolute Gasteiger partial charge is 0.530 e. The fourth-order valence-electron chi connectivity index (χ4n) is 0.970. The molecular weight excluding hydrogens is 281 g/mol. The molecule has 0 spiro atoms. The zero-order chi connectivity index (χ0) is 14.3. The lowest BCUT2D eigenvalue weighted by molar-refractivity contribution is -0.127. The van der Waals surface area contributed by atoms with Crippen LogP contribution in [0.3, 0.4) is 0 Å². The summed E-state index contributed by atoms with van der Waals surface area (Å²) in [6.07, 6.45) is 0. The first-order valence-electron chi connectivity index (χ1n) is 5.44. The van der Waals surface area contributed by atoms with Crippen LogP contribution in [0.1, 0.15) is 20.8 Å². The highest BCUT2D eigenvalue weighted by atomic mass is 35.5. The van der Waals surface area contributed by atoms with Crippen molar-refractivity contribution in [1.29, 1.82) is 0 Å². The van der Waals surface area contributed by atoms with Gasteiger partial charge in [-0.15, -0.1) is 0 Å². The Labute approximate surface area is 112 Å². The van der Waals surface area contributed by atoms with Gasteiger partial charge in [-0.05, 0) is 20.8 Å². The highest BCUT2D eigenvalue weighted by Gasteiger charge is 2.32. The van der Waals surface area contributed by atoms with E-state index in [1.165, 1.54) is 25.9 Å². The van der Waals surface area contributed by atoms with Gasteiger partial charge in [0.25, 0.3) is 5.91 Å². The van der Waals surface area contributed by atoms with Gasteiger partial charge in [-0.25, -0.2) is 4.57 Å². The monoisotopic (exact) mass is 299 g/mol. The van der Waals surface area contributed by atoms with Gasteiger partial charge in [-0.3, -0.25) is 13.8 Å². The maximum atomic E-state index is 12.1. The molecule has 106 valence electrons. The molecule has 0 aromatic carbocycles. The molecule has 0 bridgehead atoms. The summed E-state index contributed by atoms with van der Waals surface area (Å²) < 4.78 is 27.1. The number of carbonyl (C=O) groups excluding carboxylic acids is 1. The maximum Gasteiger partial charge on any atom is 0.530 e. The van der Waals surface area contributed by atoms with E-state index in [-0.39, 0.29) is 24.0 Å². The second kappa shape index (κ2) is 7.79. The summed E-state index contributed by atoms with van der Waals surface area (Å²) in [6, 6.07) is 0. The molecule has 0 saturated carbocycles. The first-order chi connectivity index (χ1) is 8.27. The van der Waals surface area contributed by atoms with Crippen molar-refractivity contribution in [3.63, 3.8) is 0 Å². The molecule has 8 heteroatoms. The third kappa shape index (κ3) is 5.40. The number of amides is 1. The van der Waals surface area contributed by atoms with Gasteiger partial charge in [-0.1, -0.05) is 11.6 Å². The number of phosphoric ester groups is 1. The van der Waals surface area contributed by atoms with Crippen LogP contribution >= 0.6 is 19.4 Å². The van der Waals surface area contributed by atoms with Crippen LogP contribution in [0.15, 0.2) is 10.8 Å². The predicted octanol–water partition coefficient (Wildman–Crippen LogP) is 2.74. The van der Waals surface area contributed by atoms with E-state index < -0.39 is 13.7 Å². The summed E-state index contributed by atoms with van der Waals surface area (Å²) in [6.45, 7) is 4.99. The molecule has 0 rings (SSSR count). The van der Waals surface area contributed by atoms with Crippen LogP contribution in [0.25, 0.3) is 0 Å². The van der Waals surface area contributed by atoms with Gasteiger partial charge in [0.05, 0.1) is 18.2 Å².